The maximum Gasteiger partial charge on any atom is 0.416 e. The number of rotatable bonds is 2. The molecule has 0 atom stereocenters. The SMILES string of the molecule is Nc1cc(C(F)(F)F)ccc1Oc1ccccc1F. The van der Waals surface area contributed by atoms with Gasteiger partial charge in [-0.25, -0.2) is 4.39 Å². The van der Waals surface area contributed by atoms with E-state index in [1.165, 1.54) is 18.2 Å². The molecule has 2 aromatic rings. The predicted octanol–water partition coefficient (Wildman–Crippen LogP) is 4.22. The second kappa shape index (κ2) is 4.79. The molecule has 0 aliphatic carbocycles. The molecule has 19 heavy (non-hydrogen) atoms. The van der Waals surface area contributed by atoms with E-state index in [9.17, 15) is 17.6 Å². The van der Waals surface area contributed by atoms with Gasteiger partial charge in [0.05, 0.1) is 11.3 Å². The van der Waals surface area contributed by atoms with Crippen LogP contribution in [-0.2, 0) is 6.18 Å². The van der Waals surface area contributed by atoms with Crippen LogP contribution in [-0.4, -0.2) is 0 Å². The summed E-state index contributed by atoms with van der Waals surface area (Å²) in [6.45, 7) is 0. The van der Waals surface area contributed by atoms with Crippen molar-refractivity contribution in [2.45, 2.75) is 6.18 Å². The lowest BCUT2D eigenvalue weighted by Gasteiger charge is -2.12. The largest absolute Gasteiger partial charge is 0.452 e. The van der Waals surface area contributed by atoms with Gasteiger partial charge in [-0.2, -0.15) is 13.2 Å². The Kier molecular flexibility index (Phi) is 3.33. The molecule has 0 aliphatic rings. The van der Waals surface area contributed by atoms with E-state index in [-0.39, 0.29) is 17.2 Å². The number of halogens is 4. The van der Waals surface area contributed by atoms with Crippen molar-refractivity contribution >= 4 is 5.69 Å². The molecule has 0 spiro atoms. The fraction of sp³-hybridized carbons (Fsp3) is 0.0769. The zero-order chi connectivity index (χ0) is 14.0. The average molecular weight is 271 g/mol. The summed E-state index contributed by atoms with van der Waals surface area (Å²) >= 11 is 0. The van der Waals surface area contributed by atoms with Crippen LogP contribution in [0, 0.1) is 5.82 Å². The quantitative estimate of drug-likeness (QED) is 0.655. The van der Waals surface area contributed by atoms with E-state index in [0.29, 0.717) is 0 Å². The summed E-state index contributed by atoms with van der Waals surface area (Å²) in [5.41, 5.74) is 4.37. The van der Waals surface area contributed by atoms with Crippen molar-refractivity contribution in [2.24, 2.45) is 0 Å². The third-order valence-corrected chi connectivity index (χ3v) is 2.39. The van der Waals surface area contributed by atoms with Crippen LogP contribution in [0.2, 0.25) is 0 Å². The second-order valence-corrected chi connectivity index (χ2v) is 3.78. The van der Waals surface area contributed by atoms with Crippen molar-refractivity contribution in [1.82, 2.24) is 0 Å². The Morgan fingerprint density at radius 2 is 1.63 bits per heavy atom. The van der Waals surface area contributed by atoms with Crippen molar-refractivity contribution in [3.63, 3.8) is 0 Å². The topological polar surface area (TPSA) is 35.2 Å². The van der Waals surface area contributed by atoms with Gasteiger partial charge in [0, 0.05) is 0 Å². The molecule has 2 rings (SSSR count). The molecule has 2 aromatic carbocycles. The molecule has 0 fully saturated rings. The Morgan fingerprint density at radius 3 is 2.21 bits per heavy atom. The number of hydrogen-bond donors (Lipinski definition) is 1. The van der Waals surface area contributed by atoms with E-state index in [1.54, 1.807) is 6.07 Å². The Labute approximate surface area is 106 Å². The summed E-state index contributed by atoms with van der Waals surface area (Å²) in [6, 6.07) is 8.17. The lowest BCUT2D eigenvalue weighted by molar-refractivity contribution is -0.137. The van der Waals surface area contributed by atoms with Crippen LogP contribution in [0.1, 0.15) is 5.56 Å². The first kappa shape index (κ1) is 13.2. The summed E-state index contributed by atoms with van der Waals surface area (Å²) < 4.78 is 55.8. The summed E-state index contributed by atoms with van der Waals surface area (Å²) in [7, 11) is 0. The lowest BCUT2D eigenvalue weighted by Crippen LogP contribution is -2.06. The number of alkyl halides is 3. The number of nitrogens with two attached hydrogens (primary N) is 1. The number of ether oxygens (including phenoxy) is 1. The molecule has 0 radical (unpaired) electrons. The summed E-state index contributed by atoms with van der Waals surface area (Å²) in [5.74, 6) is -0.756. The van der Waals surface area contributed by atoms with Crippen LogP contribution in [0.5, 0.6) is 11.5 Å². The minimum Gasteiger partial charge on any atom is -0.452 e. The second-order valence-electron chi connectivity index (χ2n) is 3.78. The first-order chi connectivity index (χ1) is 8.88. The van der Waals surface area contributed by atoms with Crippen molar-refractivity contribution in [3.8, 4) is 11.5 Å². The molecule has 0 aliphatic heterocycles. The molecule has 0 saturated heterocycles. The first-order valence-electron chi connectivity index (χ1n) is 5.27. The molecule has 6 heteroatoms. The van der Waals surface area contributed by atoms with Crippen LogP contribution < -0.4 is 10.5 Å². The molecule has 0 amide bonds. The molecular formula is C13H9F4NO. The third kappa shape index (κ3) is 2.96. The Bertz CT molecular complexity index is 595. The molecule has 0 aromatic heterocycles. The lowest BCUT2D eigenvalue weighted by atomic mass is 10.2. The molecule has 0 heterocycles. The normalized spacial score (nSPS) is 11.4. The fourth-order valence-electron chi connectivity index (χ4n) is 1.46. The van der Waals surface area contributed by atoms with Gasteiger partial charge in [-0.15, -0.1) is 0 Å². The number of nitrogen functional groups attached to an aromatic ring is 1. The predicted molar refractivity (Wildman–Crippen MR) is 62.3 cm³/mol. The van der Waals surface area contributed by atoms with Crippen LogP contribution in [0.4, 0.5) is 23.2 Å². The van der Waals surface area contributed by atoms with Gasteiger partial charge in [0.15, 0.2) is 11.6 Å². The Morgan fingerprint density at radius 1 is 0.947 bits per heavy atom. The first-order valence-corrected chi connectivity index (χ1v) is 5.27. The van der Waals surface area contributed by atoms with Crippen LogP contribution >= 0.6 is 0 Å². The van der Waals surface area contributed by atoms with E-state index >= 15 is 0 Å². The van der Waals surface area contributed by atoms with E-state index in [1.807, 2.05) is 0 Å². The van der Waals surface area contributed by atoms with Crippen LogP contribution in [0.15, 0.2) is 42.5 Å². The van der Waals surface area contributed by atoms with Crippen LogP contribution in [0.3, 0.4) is 0 Å². The maximum absolute atomic E-state index is 13.3. The van der Waals surface area contributed by atoms with E-state index in [2.05, 4.69) is 0 Å². The monoisotopic (exact) mass is 271 g/mol. The van der Waals surface area contributed by atoms with Gasteiger partial charge >= 0.3 is 6.18 Å². The molecule has 100 valence electrons. The van der Waals surface area contributed by atoms with Crippen molar-refractivity contribution in [3.05, 3.63) is 53.8 Å². The minimum absolute atomic E-state index is 0.0295. The molecular weight excluding hydrogens is 262 g/mol. The minimum atomic E-state index is -4.48. The molecule has 2 N–H and O–H groups in total. The van der Waals surface area contributed by atoms with Gasteiger partial charge in [0.1, 0.15) is 5.75 Å². The van der Waals surface area contributed by atoms with E-state index in [0.717, 1.165) is 18.2 Å². The van der Waals surface area contributed by atoms with Crippen molar-refractivity contribution in [2.75, 3.05) is 5.73 Å². The van der Waals surface area contributed by atoms with Gasteiger partial charge in [0.25, 0.3) is 0 Å². The average Bonchev–Trinajstić information content (AvgIpc) is 2.33. The fourth-order valence-corrected chi connectivity index (χ4v) is 1.46. The third-order valence-electron chi connectivity index (χ3n) is 2.39. The highest BCUT2D eigenvalue weighted by Crippen LogP contribution is 2.35. The standard InChI is InChI=1S/C13H9F4NO/c14-9-3-1-2-4-11(9)19-12-6-5-8(7-10(12)18)13(15,16)17/h1-7H,18H2. The maximum atomic E-state index is 13.3. The van der Waals surface area contributed by atoms with Gasteiger partial charge in [-0.1, -0.05) is 12.1 Å². The highest BCUT2D eigenvalue weighted by Gasteiger charge is 2.31. The summed E-state index contributed by atoms with van der Waals surface area (Å²) in [4.78, 5) is 0. The molecule has 2 nitrogen and oxygen atoms in total. The number of anilines is 1. The highest BCUT2D eigenvalue weighted by molar-refractivity contribution is 5.56. The number of para-hydroxylation sites is 1. The molecule has 0 bridgehead atoms. The van der Waals surface area contributed by atoms with Crippen LogP contribution in [0.25, 0.3) is 0 Å². The van der Waals surface area contributed by atoms with Crippen molar-refractivity contribution < 1.29 is 22.3 Å². The van der Waals surface area contributed by atoms with Gasteiger partial charge in [-0.3, -0.25) is 0 Å². The molecule has 0 unspecified atom stereocenters. The smallest absolute Gasteiger partial charge is 0.416 e. The number of benzene rings is 2. The van der Waals surface area contributed by atoms with Gasteiger partial charge < -0.3 is 10.5 Å². The van der Waals surface area contributed by atoms with Gasteiger partial charge in [0.2, 0.25) is 0 Å². The zero-order valence-electron chi connectivity index (χ0n) is 9.54. The Balaban J connectivity index is 2.30. The highest BCUT2D eigenvalue weighted by atomic mass is 19.4. The van der Waals surface area contributed by atoms with E-state index in [4.69, 9.17) is 10.5 Å². The Hall–Kier alpha value is -2.24. The molecule has 0 saturated carbocycles. The number of hydrogen-bond acceptors (Lipinski definition) is 2. The summed E-state index contributed by atoms with van der Waals surface area (Å²) in [6.07, 6.45) is -4.48. The summed E-state index contributed by atoms with van der Waals surface area (Å²) in [5, 5.41) is 0. The van der Waals surface area contributed by atoms with Crippen molar-refractivity contribution in [1.29, 1.82) is 0 Å². The van der Waals surface area contributed by atoms with E-state index < -0.39 is 17.6 Å². The van der Waals surface area contributed by atoms with Gasteiger partial charge in [-0.05, 0) is 30.3 Å². The zero-order valence-corrected chi connectivity index (χ0v) is 9.54.